The third kappa shape index (κ3) is 16.7. The molecule has 1 fully saturated rings. The average molecular weight is 353 g/mol. The van der Waals surface area contributed by atoms with Crippen LogP contribution in [0.2, 0.25) is 0 Å². The van der Waals surface area contributed by atoms with Crippen molar-refractivity contribution < 1.29 is 9.53 Å². The lowest BCUT2D eigenvalue weighted by Crippen LogP contribution is -2.05. The molecule has 0 saturated heterocycles. The fraction of sp³-hybridized carbons (Fsp3) is 0.957. The molecular weight excluding hydrogens is 308 g/mol. The normalized spacial score (nSPS) is 14.0. The summed E-state index contributed by atoms with van der Waals surface area (Å²) in [5.74, 6) is 1.07. The molecule has 0 radical (unpaired) electrons. The number of hydrogen-bond acceptors (Lipinski definition) is 2. The quantitative estimate of drug-likeness (QED) is 0.177. The standard InChI is InChI=1S/C23H44O2/c1-2-3-4-5-6-7-8-9-10-13-16-21-25-23(24)18-15-12-11-14-17-22-19-20-22/h22H,2-21H2,1H3. The van der Waals surface area contributed by atoms with E-state index in [1.807, 2.05) is 0 Å². The SMILES string of the molecule is CCCCCCCCCCCCCOC(=O)CCCCCCC1CC1. The monoisotopic (exact) mass is 352 g/mol. The van der Waals surface area contributed by atoms with E-state index >= 15 is 0 Å². The van der Waals surface area contributed by atoms with Gasteiger partial charge < -0.3 is 4.74 Å². The maximum Gasteiger partial charge on any atom is 0.305 e. The first kappa shape index (κ1) is 22.5. The molecule has 2 heteroatoms. The van der Waals surface area contributed by atoms with Gasteiger partial charge in [-0.15, -0.1) is 0 Å². The van der Waals surface area contributed by atoms with Crippen molar-refractivity contribution in [1.29, 1.82) is 0 Å². The lowest BCUT2D eigenvalue weighted by Gasteiger charge is -2.05. The van der Waals surface area contributed by atoms with Gasteiger partial charge in [-0.25, -0.2) is 0 Å². The average Bonchev–Trinajstić information content (AvgIpc) is 3.43. The minimum Gasteiger partial charge on any atom is -0.466 e. The number of carbonyl (C=O) groups is 1. The number of hydrogen-bond donors (Lipinski definition) is 0. The smallest absolute Gasteiger partial charge is 0.305 e. The van der Waals surface area contributed by atoms with Gasteiger partial charge in [-0.3, -0.25) is 4.79 Å². The van der Waals surface area contributed by atoms with Crippen molar-refractivity contribution in [2.45, 2.75) is 129 Å². The highest BCUT2D eigenvalue weighted by Crippen LogP contribution is 2.34. The van der Waals surface area contributed by atoms with Crippen LogP contribution in [0.4, 0.5) is 0 Å². The van der Waals surface area contributed by atoms with E-state index in [9.17, 15) is 4.79 Å². The molecule has 1 aliphatic carbocycles. The van der Waals surface area contributed by atoms with E-state index in [1.165, 1.54) is 103 Å². The number of esters is 1. The first-order chi connectivity index (χ1) is 12.3. The van der Waals surface area contributed by atoms with Gasteiger partial charge in [0.05, 0.1) is 6.61 Å². The number of carbonyl (C=O) groups excluding carboxylic acids is 1. The van der Waals surface area contributed by atoms with E-state index in [0.717, 1.165) is 18.8 Å². The van der Waals surface area contributed by atoms with Gasteiger partial charge in [-0.2, -0.15) is 0 Å². The second-order valence-electron chi connectivity index (χ2n) is 8.15. The van der Waals surface area contributed by atoms with Crippen molar-refractivity contribution in [2.75, 3.05) is 6.61 Å². The van der Waals surface area contributed by atoms with E-state index in [-0.39, 0.29) is 5.97 Å². The van der Waals surface area contributed by atoms with Crippen LogP contribution in [0.3, 0.4) is 0 Å². The molecule has 2 nitrogen and oxygen atoms in total. The van der Waals surface area contributed by atoms with Crippen LogP contribution < -0.4 is 0 Å². The van der Waals surface area contributed by atoms with Crippen LogP contribution in [0, 0.1) is 5.92 Å². The summed E-state index contributed by atoms with van der Waals surface area (Å²) in [7, 11) is 0. The lowest BCUT2D eigenvalue weighted by atomic mass is 10.1. The van der Waals surface area contributed by atoms with Gasteiger partial charge in [-0.1, -0.05) is 110 Å². The Morgan fingerprint density at radius 3 is 1.84 bits per heavy atom. The fourth-order valence-corrected chi connectivity index (χ4v) is 3.49. The first-order valence-corrected chi connectivity index (χ1v) is 11.5. The molecular formula is C23H44O2. The Hall–Kier alpha value is -0.530. The summed E-state index contributed by atoms with van der Waals surface area (Å²) in [6.07, 6.45) is 24.5. The zero-order chi connectivity index (χ0) is 18.0. The summed E-state index contributed by atoms with van der Waals surface area (Å²) in [5.41, 5.74) is 0. The molecule has 0 aliphatic heterocycles. The number of rotatable bonds is 19. The van der Waals surface area contributed by atoms with Crippen LogP contribution in [0.25, 0.3) is 0 Å². The number of ether oxygens (including phenoxy) is 1. The third-order valence-electron chi connectivity index (χ3n) is 5.45. The molecule has 0 spiro atoms. The topological polar surface area (TPSA) is 26.3 Å². The van der Waals surface area contributed by atoms with Crippen molar-refractivity contribution in [1.82, 2.24) is 0 Å². The molecule has 0 atom stereocenters. The summed E-state index contributed by atoms with van der Waals surface area (Å²) in [4.78, 5) is 11.7. The Balaban J connectivity index is 1.69. The molecule has 148 valence electrons. The lowest BCUT2D eigenvalue weighted by molar-refractivity contribution is -0.143. The van der Waals surface area contributed by atoms with E-state index < -0.39 is 0 Å². The molecule has 25 heavy (non-hydrogen) atoms. The molecule has 1 rings (SSSR count). The first-order valence-electron chi connectivity index (χ1n) is 11.5. The highest BCUT2D eigenvalue weighted by molar-refractivity contribution is 5.69. The van der Waals surface area contributed by atoms with Crippen LogP contribution in [0.15, 0.2) is 0 Å². The van der Waals surface area contributed by atoms with E-state index in [2.05, 4.69) is 6.92 Å². The minimum atomic E-state index is 0.0225. The van der Waals surface area contributed by atoms with Gasteiger partial charge in [0.1, 0.15) is 0 Å². The summed E-state index contributed by atoms with van der Waals surface area (Å²) in [6.45, 7) is 2.91. The van der Waals surface area contributed by atoms with Crippen molar-refractivity contribution in [3.63, 3.8) is 0 Å². The molecule has 0 bridgehead atoms. The Kier molecular flexibility index (Phi) is 15.2. The van der Waals surface area contributed by atoms with Crippen molar-refractivity contribution in [3.8, 4) is 0 Å². The highest BCUT2D eigenvalue weighted by Gasteiger charge is 2.19. The van der Waals surface area contributed by atoms with E-state index in [4.69, 9.17) is 4.74 Å². The summed E-state index contributed by atoms with van der Waals surface area (Å²) in [5, 5.41) is 0. The number of unbranched alkanes of at least 4 members (excludes halogenated alkanes) is 13. The maximum atomic E-state index is 11.7. The van der Waals surface area contributed by atoms with Crippen LogP contribution in [0.1, 0.15) is 129 Å². The van der Waals surface area contributed by atoms with Crippen LogP contribution >= 0.6 is 0 Å². The largest absolute Gasteiger partial charge is 0.466 e. The van der Waals surface area contributed by atoms with Gasteiger partial charge >= 0.3 is 5.97 Å². The molecule has 0 aromatic rings. The predicted molar refractivity (Wildman–Crippen MR) is 108 cm³/mol. The predicted octanol–water partition coefficient (Wildman–Crippen LogP) is 7.59. The molecule has 0 amide bonds. The molecule has 1 saturated carbocycles. The van der Waals surface area contributed by atoms with Crippen LogP contribution in [0.5, 0.6) is 0 Å². The minimum absolute atomic E-state index is 0.0225. The zero-order valence-corrected chi connectivity index (χ0v) is 17.0. The van der Waals surface area contributed by atoms with E-state index in [1.54, 1.807) is 0 Å². The second-order valence-corrected chi connectivity index (χ2v) is 8.15. The van der Waals surface area contributed by atoms with Gasteiger partial charge in [-0.05, 0) is 18.8 Å². The molecule has 0 unspecified atom stereocenters. The molecule has 0 aromatic carbocycles. The Labute approximate surface area is 157 Å². The van der Waals surface area contributed by atoms with Crippen molar-refractivity contribution in [2.24, 2.45) is 5.92 Å². The Morgan fingerprint density at radius 1 is 0.720 bits per heavy atom. The van der Waals surface area contributed by atoms with Gasteiger partial charge in [0.25, 0.3) is 0 Å². The highest BCUT2D eigenvalue weighted by atomic mass is 16.5. The second kappa shape index (κ2) is 16.9. The molecule has 0 heterocycles. The maximum absolute atomic E-state index is 11.7. The van der Waals surface area contributed by atoms with Crippen molar-refractivity contribution in [3.05, 3.63) is 0 Å². The Bertz CT molecular complexity index is 296. The zero-order valence-electron chi connectivity index (χ0n) is 17.0. The van der Waals surface area contributed by atoms with Gasteiger partial charge in [0, 0.05) is 6.42 Å². The van der Waals surface area contributed by atoms with Crippen LogP contribution in [-0.2, 0) is 9.53 Å². The summed E-state index contributed by atoms with van der Waals surface area (Å²) >= 11 is 0. The fourth-order valence-electron chi connectivity index (χ4n) is 3.49. The molecule has 1 aliphatic rings. The van der Waals surface area contributed by atoms with Gasteiger partial charge in [0.15, 0.2) is 0 Å². The molecule has 0 aromatic heterocycles. The van der Waals surface area contributed by atoms with E-state index in [0.29, 0.717) is 13.0 Å². The van der Waals surface area contributed by atoms with Crippen LogP contribution in [-0.4, -0.2) is 12.6 Å². The summed E-state index contributed by atoms with van der Waals surface area (Å²) < 4.78 is 5.34. The third-order valence-corrected chi connectivity index (χ3v) is 5.45. The van der Waals surface area contributed by atoms with Gasteiger partial charge in [0.2, 0.25) is 0 Å². The summed E-state index contributed by atoms with van der Waals surface area (Å²) in [6, 6.07) is 0. The molecule has 0 N–H and O–H groups in total. The Morgan fingerprint density at radius 2 is 1.24 bits per heavy atom. The van der Waals surface area contributed by atoms with Crippen molar-refractivity contribution >= 4 is 5.97 Å².